The molecule has 4 nitrogen and oxygen atoms in total. The van der Waals surface area contributed by atoms with E-state index in [2.05, 4.69) is 98.3 Å². The molecule has 1 saturated heterocycles. The van der Waals surface area contributed by atoms with Crippen molar-refractivity contribution in [2.75, 3.05) is 19.7 Å². The van der Waals surface area contributed by atoms with Crippen LogP contribution < -0.4 is 0 Å². The summed E-state index contributed by atoms with van der Waals surface area (Å²) in [5.41, 5.74) is 4.82. The third-order valence-corrected chi connectivity index (χ3v) is 8.09. The zero-order chi connectivity index (χ0) is 23.0. The molecule has 3 aromatic rings. The summed E-state index contributed by atoms with van der Waals surface area (Å²) in [5.74, 6) is 0. The number of aryl methyl sites for hydroxylation is 2. The molecule has 0 unspecified atom stereocenters. The molecule has 1 atom stereocenters. The number of nitrogens with one attached hydrogen (secondary N) is 1. The Morgan fingerprint density at radius 1 is 1.12 bits per heavy atom. The number of H-pyrrole nitrogens is 1. The van der Waals surface area contributed by atoms with Gasteiger partial charge in [-0.05, 0) is 90.6 Å². The van der Waals surface area contributed by atoms with Gasteiger partial charge in [-0.3, -0.25) is 9.88 Å². The van der Waals surface area contributed by atoms with E-state index in [4.69, 9.17) is 4.74 Å². The fourth-order valence-electron chi connectivity index (χ4n) is 5.58. The van der Waals surface area contributed by atoms with Crippen molar-refractivity contribution in [3.05, 3.63) is 65.6 Å². The zero-order valence-corrected chi connectivity index (χ0v) is 20.7. The van der Waals surface area contributed by atoms with Crippen LogP contribution in [0, 0.1) is 12.3 Å². The minimum Gasteiger partial charge on any atom is -0.375 e. The van der Waals surface area contributed by atoms with Crippen molar-refractivity contribution in [3.63, 3.8) is 0 Å². The molecular formula is C28H39N3O. The van der Waals surface area contributed by atoms with Gasteiger partial charge in [-0.25, -0.2) is 0 Å². The van der Waals surface area contributed by atoms with Crippen LogP contribution >= 0.6 is 0 Å². The maximum absolute atomic E-state index is 6.41. The van der Waals surface area contributed by atoms with E-state index in [1.807, 2.05) is 6.92 Å². The second kappa shape index (κ2) is 8.64. The lowest BCUT2D eigenvalue weighted by Gasteiger charge is -2.46. The van der Waals surface area contributed by atoms with Gasteiger partial charge in [0.2, 0.25) is 0 Å². The van der Waals surface area contributed by atoms with Crippen molar-refractivity contribution in [3.8, 4) is 0 Å². The summed E-state index contributed by atoms with van der Waals surface area (Å²) in [5, 5.41) is 1.35. The molecule has 0 saturated carbocycles. The molecule has 172 valence electrons. The van der Waals surface area contributed by atoms with Gasteiger partial charge in [0.25, 0.3) is 0 Å². The highest BCUT2D eigenvalue weighted by atomic mass is 16.5. The van der Waals surface area contributed by atoms with Crippen LogP contribution in [0.2, 0.25) is 0 Å². The van der Waals surface area contributed by atoms with Gasteiger partial charge in [-0.1, -0.05) is 24.3 Å². The van der Waals surface area contributed by atoms with E-state index in [0.717, 1.165) is 44.7 Å². The van der Waals surface area contributed by atoms with E-state index in [-0.39, 0.29) is 16.6 Å². The van der Waals surface area contributed by atoms with Crippen molar-refractivity contribution >= 4 is 10.9 Å². The summed E-state index contributed by atoms with van der Waals surface area (Å²) in [6, 6.07) is 13.0. The smallest absolute Gasteiger partial charge is 0.0695 e. The number of nitrogens with zero attached hydrogens (tertiary/aromatic N) is 2. The molecule has 3 heterocycles. The predicted octanol–water partition coefficient (Wildman–Crippen LogP) is 6.25. The van der Waals surface area contributed by atoms with E-state index in [0.29, 0.717) is 0 Å². The van der Waals surface area contributed by atoms with Gasteiger partial charge in [0.1, 0.15) is 0 Å². The largest absolute Gasteiger partial charge is 0.375 e. The van der Waals surface area contributed by atoms with Crippen LogP contribution in [-0.2, 0) is 16.7 Å². The van der Waals surface area contributed by atoms with Gasteiger partial charge in [0, 0.05) is 53.1 Å². The highest BCUT2D eigenvalue weighted by Crippen LogP contribution is 2.49. The van der Waals surface area contributed by atoms with E-state index in [9.17, 15) is 0 Å². The number of benzene rings is 1. The molecule has 4 rings (SSSR count). The van der Waals surface area contributed by atoms with Crippen LogP contribution in [0.3, 0.4) is 0 Å². The van der Waals surface area contributed by atoms with Crippen molar-refractivity contribution in [1.29, 1.82) is 0 Å². The highest BCUT2D eigenvalue weighted by molar-refractivity contribution is 5.83. The summed E-state index contributed by atoms with van der Waals surface area (Å²) < 4.78 is 6.41. The van der Waals surface area contributed by atoms with Crippen LogP contribution in [0.5, 0.6) is 0 Å². The van der Waals surface area contributed by atoms with Gasteiger partial charge in [0.15, 0.2) is 0 Å². The van der Waals surface area contributed by atoms with Crippen LogP contribution in [0.25, 0.3) is 10.9 Å². The first-order valence-electron chi connectivity index (χ1n) is 12.1. The molecule has 1 aromatic carbocycles. The molecule has 32 heavy (non-hydrogen) atoms. The van der Waals surface area contributed by atoms with Gasteiger partial charge >= 0.3 is 0 Å². The van der Waals surface area contributed by atoms with Crippen molar-refractivity contribution in [2.24, 2.45) is 5.41 Å². The Morgan fingerprint density at radius 3 is 2.62 bits per heavy atom. The van der Waals surface area contributed by atoms with Crippen LogP contribution in [0.15, 0.2) is 48.8 Å². The minimum atomic E-state index is -0.190. The second-order valence-corrected chi connectivity index (χ2v) is 10.5. The van der Waals surface area contributed by atoms with Gasteiger partial charge in [-0.2, -0.15) is 0 Å². The number of hydrogen-bond acceptors (Lipinski definition) is 3. The molecule has 0 aliphatic carbocycles. The first-order chi connectivity index (χ1) is 15.2. The fourth-order valence-corrected chi connectivity index (χ4v) is 5.58. The highest BCUT2D eigenvalue weighted by Gasteiger charge is 2.52. The quantitative estimate of drug-likeness (QED) is 0.457. The summed E-state index contributed by atoms with van der Waals surface area (Å²) in [6.45, 7) is 16.3. The number of para-hydroxylation sites is 1. The molecule has 1 fully saturated rings. The Labute approximate surface area is 193 Å². The number of hydrogen-bond donors (Lipinski definition) is 1. The molecule has 1 aliphatic heterocycles. The van der Waals surface area contributed by atoms with Gasteiger partial charge < -0.3 is 9.72 Å². The molecule has 0 bridgehead atoms. The summed E-state index contributed by atoms with van der Waals surface area (Å²) in [4.78, 5) is 10.7. The molecule has 0 amide bonds. The third kappa shape index (κ3) is 4.11. The molecule has 1 aliphatic rings. The Hall–Kier alpha value is -2.17. The van der Waals surface area contributed by atoms with Gasteiger partial charge in [-0.15, -0.1) is 0 Å². The summed E-state index contributed by atoms with van der Waals surface area (Å²) in [7, 11) is 0. The number of rotatable bonds is 8. The fraction of sp³-hybridized carbons (Fsp3) is 0.536. The molecule has 1 N–H and O–H groups in total. The number of aromatic nitrogens is 2. The standard InChI is InChI=1S/C28H39N3O/c1-7-32-27(5,6)28(15-14-22-18-30-25-11-9-8-10-24(22)25)16-17-31(20-28)26(3,4)23-13-12-21(2)29-19-23/h8-13,18-19,30H,7,14-17,20H2,1-6H3/t28-/m0/s1. The van der Waals surface area contributed by atoms with Gasteiger partial charge in [0.05, 0.1) is 5.60 Å². The maximum Gasteiger partial charge on any atom is 0.0695 e. The Kier molecular flexibility index (Phi) is 6.21. The topological polar surface area (TPSA) is 41.1 Å². The normalized spacial score (nSPS) is 20.3. The second-order valence-electron chi connectivity index (χ2n) is 10.5. The number of pyridine rings is 1. The number of likely N-dealkylation sites (tertiary alicyclic amines) is 1. The lowest BCUT2D eigenvalue weighted by atomic mass is 9.69. The van der Waals surface area contributed by atoms with Crippen LogP contribution in [0.1, 0.15) is 64.3 Å². The number of aromatic amines is 1. The number of ether oxygens (including phenoxy) is 1. The summed E-state index contributed by atoms with van der Waals surface area (Å²) in [6.07, 6.45) is 7.56. The predicted molar refractivity (Wildman–Crippen MR) is 133 cm³/mol. The zero-order valence-electron chi connectivity index (χ0n) is 20.7. The van der Waals surface area contributed by atoms with Crippen molar-refractivity contribution in [1.82, 2.24) is 14.9 Å². The Morgan fingerprint density at radius 2 is 1.91 bits per heavy atom. The first kappa shape index (κ1) is 23.0. The Balaban J connectivity index is 1.60. The Bertz CT molecular complexity index is 1050. The monoisotopic (exact) mass is 433 g/mol. The molecular weight excluding hydrogens is 394 g/mol. The molecule has 0 radical (unpaired) electrons. The SMILES string of the molecule is CCOC(C)(C)[C@@]1(CCc2c[nH]c3ccccc23)CCN(C(C)(C)c2ccc(C)nc2)C1. The van der Waals surface area contributed by atoms with E-state index in [1.165, 1.54) is 22.0 Å². The first-order valence-corrected chi connectivity index (χ1v) is 12.1. The molecule has 0 spiro atoms. The van der Waals surface area contributed by atoms with E-state index < -0.39 is 0 Å². The summed E-state index contributed by atoms with van der Waals surface area (Å²) >= 11 is 0. The van der Waals surface area contributed by atoms with Crippen LogP contribution in [0.4, 0.5) is 0 Å². The lowest BCUT2D eigenvalue weighted by molar-refractivity contribution is -0.109. The molecule has 4 heteroatoms. The average molecular weight is 434 g/mol. The van der Waals surface area contributed by atoms with E-state index in [1.54, 1.807) is 0 Å². The lowest BCUT2D eigenvalue weighted by Crippen LogP contribution is -2.50. The number of fused-ring (bicyclic) bond motifs is 1. The van der Waals surface area contributed by atoms with Crippen molar-refractivity contribution < 1.29 is 4.74 Å². The average Bonchev–Trinajstić information content (AvgIpc) is 3.39. The van der Waals surface area contributed by atoms with E-state index >= 15 is 0 Å². The minimum absolute atomic E-state index is 0.0640. The maximum atomic E-state index is 6.41. The molecule has 2 aromatic heterocycles. The van der Waals surface area contributed by atoms with Crippen LogP contribution in [-0.4, -0.2) is 40.2 Å². The third-order valence-electron chi connectivity index (χ3n) is 8.09. The van der Waals surface area contributed by atoms with Crippen molar-refractivity contribution in [2.45, 2.75) is 71.9 Å².